The van der Waals surface area contributed by atoms with E-state index in [0.29, 0.717) is 17.6 Å². The van der Waals surface area contributed by atoms with Gasteiger partial charge >= 0.3 is 0 Å². The Hall–Kier alpha value is -0.940. The van der Waals surface area contributed by atoms with Gasteiger partial charge in [0.2, 0.25) is 5.91 Å². The van der Waals surface area contributed by atoms with Crippen molar-refractivity contribution in [1.29, 1.82) is 0 Å². The van der Waals surface area contributed by atoms with Crippen LogP contribution in [0, 0.1) is 5.41 Å². The standard InChI is InChI=1S/C13H16N2OS2/c14-11(17)13(5-6-13)12(16)15(9-3-4-9)8-10-2-1-7-18-10/h1-2,7,9H,3-6,8H2,(H2,14,17). The largest absolute Gasteiger partial charge is 0.392 e. The molecule has 1 aromatic rings. The summed E-state index contributed by atoms with van der Waals surface area (Å²) in [5.74, 6) is 0.158. The number of thiocarbonyl (C=S) groups is 1. The number of thiophene rings is 1. The zero-order valence-electron chi connectivity index (χ0n) is 10.1. The van der Waals surface area contributed by atoms with Crippen LogP contribution in [0.25, 0.3) is 0 Å². The second-order valence-electron chi connectivity index (χ2n) is 5.19. The first-order valence-corrected chi connectivity index (χ1v) is 7.56. The summed E-state index contributed by atoms with van der Waals surface area (Å²) < 4.78 is 0. The number of rotatable bonds is 5. The average molecular weight is 280 g/mol. The summed E-state index contributed by atoms with van der Waals surface area (Å²) in [5.41, 5.74) is 5.25. The summed E-state index contributed by atoms with van der Waals surface area (Å²) >= 11 is 6.77. The van der Waals surface area contributed by atoms with Crippen molar-refractivity contribution in [3.8, 4) is 0 Å². The average Bonchev–Trinajstić information content (AvgIpc) is 3.24. The van der Waals surface area contributed by atoms with E-state index in [9.17, 15) is 4.79 Å². The lowest BCUT2D eigenvalue weighted by Gasteiger charge is -2.26. The predicted octanol–water partition coefficient (Wildman–Crippen LogP) is 2.31. The maximum atomic E-state index is 12.6. The van der Waals surface area contributed by atoms with Gasteiger partial charge in [0.25, 0.3) is 0 Å². The van der Waals surface area contributed by atoms with Gasteiger partial charge in [-0.15, -0.1) is 11.3 Å². The van der Waals surface area contributed by atoms with Crippen molar-refractivity contribution in [3.05, 3.63) is 22.4 Å². The van der Waals surface area contributed by atoms with Crippen molar-refractivity contribution in [2.24, 2.45) is 11.1 Å². The van der Waals surface area contributed by atoms with Crippen LogP contribution in [0.4, 0.5) is 0 Å². The normalized spacial score (nSPS) is 20.4. The van der Waals surface area contributed by atoms with Gasteiger partial charge in [-0.25, -0.2) is 0 Å². The first-order valence-electron chi connectivity index (χ1n) is 6.27. The SMILES string of the molecule is NC(=S)C1(C(=O)N(Cc2cccs2)C2CC2)CC1. The van der Waals surface area contributed by atoms with E-state index in [1.165, 1.54) is 4.88 Å². The molecule has 2 N–H and O–H groups in total. The molecule has 0 spiro atoms. The third-order valence-corrected chi connectivity index (χ3v) is 5.04. The minimum absolute atomic E-state index is 0.158. The highest BCUT2D eigenvalue weighted by Crippen LogP contribution is 2.49. The van der Waals surface area contributed by atoms with Crippen molar-refractivity contribution in [3.63, 3.8) is 0 Å². The summed E-state index contributed by atoms with van der Waals surface area (Å²) in [6.45, 7) is 0.714. The molecule has 3 rings (SSSR count). The number of amides is 1. The number of nitrogens with zero attached hydrogens (tertiary/aromatic N) is 1. The smallest absolute Gasteiger partial charge is 0.236 e. The van der Waals surface area contributed by atoms with Crippen LogP contribution in [-0.2, 0) is 11.3 Å². The molecule has 1 amide bonds. The van der Waals surface area contributed by atoms with E-state index in [1.54, 1.807) is 11.3 Å². The van der Waals surface area contributed by atoms with Crippen LogP contribution < -0.4 is 5.73 Å². The highest BCUT2D eigenvalue weighted by Gasteiger charge is 2.56. The van der Waals surface area contributed by atoms with Gasteiger partial charge in [-0.05, 0) is 37.1 Å². The molecule has 0 aromatic carbocycles. The molecule has 0 atom stereocenters. The highest BCUT2D eigenvalue weighted by molar-refractivity contribution is 7.80. The quantitative estimate of drug-likeness (QED) is 0.842. The van der Waals surface area contributed by atoms with E-state index in [0.717, 1.165) is 25.7 Å². The molecule has 3 nitrogen and oxygen atoms in total. The molecule has 5 heteroatoms. The molecule has 96 valence electrons. The fourth-order valence-electron chi connectivity index (χ4n) is 2.29. The summed E-state index contributed by atoms with van der Waals surface area (Å²) in [5, 5.41) is 2.05. The second kappa shape index (κ2) is 4.31. The summed E-state index contributed by atoms with van der Waals surface area (Å²) in [6.07, 6.45) is 3.89. The number of carbonyl (C=O) groups excluding carboxylic acids is 1. The van der Waals surface area contributed by atoms with Gasteiger partial charge in [-0.2, -0.15) is 0 Å². The zero-order chi connectivity index (χ0) is 12.8. The Morgan fingerprint density at radius 2 is 2.28 bits per heavy atom. The maximum absolute atomic E-state index is 12.6. The van der Waals surface area contributed by atoms with Crippen molar-refractivity contribution in [1.82, 2.24) is 4.90 Å². The lowest BCUT2D eigenvalue weighted by atomic mass is 10.1. The summed E-state index contributed by atoms with van der Waals surface area (Å²) in [4.78, 5) is 16.2. The number of carbonyl (C=O) groups is 1. The Bertz CT molecular complexity index is 475. The summed E-state index contributed by atoms with van der Waals surface area (Å²) in [6, 6.07) is 4.51. The molecule has 0 unspecified atom stereocenters. The van der Waals surface area contributed by atoms with E-state index in [4.69, 9.17) is 18.0 Å². The Balaban J connectivity index is 1.78. The first kappa shape index (κ1) is 12.1. The Labute approximate surface area is 116 Å². The van der Waals surface area contributed by atoms with Gasteiger partial charge in [0.05, 0.1) is 16.9 Å². The minimum Gasteiger partial charge on any atom is -0.392 e. The number of hydrogen-bond acceptors (Lipinski definition) is 3. The first-order chi connectivity index (χ1) is 8.63. The van der Waals surface area contributed by atoms with E-state index in [1.807, 2.05) is 16.3 Å². The summed E-state index contributed by atoms with van der Waals surface area (Å²) in [7, 11) is 0. The Kier molecular flexibility index (Phi) is 2.90. The Morgan fingerprint density at radius 1 is 1.56 bits per heavy atom. The molecule has 0 radical (unpaired) electrons. The second-order valence-corrected chi connectivity index (χ2v) is 6.66. The van der Waals surface area contributed by atoms with Gasteiger partial charge in [-0.1, -0.05) is 18.3 Å². The lowest BCUT2D eigenvalue weighted by Crippen LogP contribution is -2.43. The van der Waals surface area contributed by atoms with Gasteiger partial charge in [0.1, 0.15) is 0 Å². The van der Waals surface area contributed by atoms with Gasteiger partial charge in [0, 0.05) is 10.9 Å². The van der Waals surface area contributed by atoms with E-state index >= 15 is 0 Å². The molecule has 2 fully saturated rings. The van der Waals surface area contributed by atoms with Crippen molar-refractivity contribution >= 4 is 34.5 Å². The molecule has 2 aliphatic carbocycles. The molecule has 0 bridgehead atoms. The minimum atomic E-state index is -0.505. The van der Waals surface area contributed by atoms with Crippen LogP contribution in [0.2, 0.25) is 0 Å². The number of hydrogen-bond donors (Lipinski definition) is 1. The highest BCUT2D eigenvalue weighted by atomic mass is 32.1. The van der Waals surface area contributed by atoms with Crippen LogP contribution in [0.3, 0.4) is 0 Å². The van der Waals surface area contributed by atoms with E-state index in [2.05, 4.69) is 6.07 Å². The van der Waals surface area contributed by atoms with Crippen LogP contribution in [0.1, 0.15) is 30.6 Å². The monoisotopic (exact) mass is 280 g/mol. The fourth-order valence-corrected chi connectivity index (χ4v) is 3.28. The van der Waals surface area contributed by atoms with Crippen LogP contribution in [0.15, 0.2) is 17.5 Å². The lowest BCUT2D eigenvalue weighted by molar-refractivity contribution is -0.135. The number of nitrogens with two attached hydrogens (primary N) is 1. The van der Waals surface area contributed by atoms with Crippen molar-refractivity contribution in [2.75, 3.05) is 0 Å². The molecule has 1 aromatic heterocycles. The predicted molar refractivity (Wildman–Crippen MR) is 76.3 cm³/mol. The van der Waals surface area contributed by atoms with Crippen molar-refractivity contribution in [2.45, 2.75) is 38.3 Å². The molecular formula is C13H16N2OS2. The topological polar surface area (TPSA) is 46.3 Å². The molecule has 18 heavy (non-hydrogen) atoms. The Morgan fingerprint density at radius 3 is 2.72 bits per heavy atom. The molecule has 0 aliphatic heterocycles. The molecular weight excluding hydrogens is 264 g/mol. The van der Waals surface area contributed by atoms with Crippen molar-refractivity contribution < 1.29 is 4.79 Å². The molecule has 2 saturated carbocycles. The van der Waals surface area contributed by atoms with Crippen LogP contribution in [-0.4, -0.2) is 21.8 Å². The third kappa shape index (κ3) is 2.06. The molecule has 2 aliphatic rings. The third-order valence-electron chi connectivity index (χ3n) is 3.79. The van der Waals surface area contributed by atoms with Crippen LogP contribution >= 0.6 is 23.6 Å². The van der Waals surface area contributed by atoms with Gasteiger partial charge < -0.3 is 10.6 Å². The maximum Gasteiger partial charge on any atom is 0.236 e. The molecule has 1 heterocycles. The zero-order valence-corrected chi connectivity index (χ0v) is 11.7. The van der Waals surface area contributed by atoms with E-state index < -0.39 is 5.41 Å². The molecule has 0 saturated heterocycles. The van der Waals surface area contributed by atoms with Gasteiger partial charge in [0.15, 0.2) is 0 Å². The van der Waals surface area contributed by atoms with Crippen LogP contribution in [0.5, 0.6) is 0 Å². The fraction of sp³-hybridized carbons (Fsp3) is 0.538. The van der Waals surface area contributed by atoms with Gasteiger partial charge in [-0.3, -0.25) is 4.79 Å². The van der Waals surface area contributed by atoms with E-state index in [-0.39, 0.29) is 5.91 Å².